The number of rotatable bonds is 3. The lowest BCUT2D eigenvalue weighted by molar-refractivity contribution is 0.0774. The van der Waals surface area contributed by atoms with Crippen LogP contribution >= 0.6 is 0 Å². The second-order valence-electron chi connectivity index (χ2n) is 3.40. The monoisotopic (exact) mass is 234 g/mol. The van der Waals surface area contributed by atoms with E-state index in [1.807, 2.05) is 0 Å². The molecule has 0 radical (unpaired) electrons. The third kappa shape index (κ3) is 2.54. The average molecular weight is 234 g/mol. The summed E-state index contributed by atoms with van der Waals surface area (Å²) in [7, 11) is 1.61. The van der Waals surface area contributed by atoms with Gasteiger partial charge >= 0.3 is 0 Å². The number of nitrogens with one attached hydrogen (secondary N) is 2. The average Bonchev–Trinajstić information content (AvgIpc) is 2.82. The molecule has 0 bridgehead atoms. The lowest BCUT2D eigenvalue weighted by Crippen LogP contribution is -2.28. The second kappa shape index (κ2) is 4.56. The normalized spacial score (nSPS) is 10.2. The van der Waals surface area contributed by atoms with Gasteiger partial charge < -0.3 is 4.90 Å². The maximum Gasteiger partial charge on any atom is 0.274 e. The Bertz CT molecular complexity index is 541. The van der Waals surface area contributed by atoms with Gasteiger partial charge in [-0.3, -0.25) is 14.7 Å². The highest BCUT2D eigenvalue weighted by Gasteiger charge is 2.14. The predicted molar refractivity (Wildman–Crippen MR) is 57.0 cm³/mol. The number of nitrogens with zero attached hydrogens (tertiary/aromatic N) is 4. The molecule has 2 aromatic rings. The SMILES string of the molecule is CN(Cc1ncn[nH]1)C(=O)c1ccc(=O)[nH]n1. The van der Waals surface area contributed by atoms with Crippen molar-refractivity contribution in [3.05, 3.63) is 40.3 Å². The molecule has 0 aromatic carbocycles. The Morgan fingerprint density at radius 1 is 1.41 bits per heavy atom. The number of hydrogen-bond donors (Lipinski definition) is 2. The van der Waals surface area contributed by atoms with Crippen LogP contribution in [0.1, 0.15) is 16.3 Å². The molecule has 0 spiro atoms. The highest BCUT2D eigenvalue weighted by atomic mass is 16.2. The number of aromatic amines is 2. The summed E-state index contributed by atoms with van der Waals surface area (Å²) in [6.07, 6.45) is 1.37. The van der Waals surface area contributed by atoms with E-state index in [0.717, 1.165) is 0 Å². The van der Waals surface area contributed by atoms with Crippen molar-refractivity contribution in [1.82, 2.24) is 30.3 Å². The molecular formula is C9H10N6O2. The van der Waals surface area contributed by atoms with E-state index >= 15 is 0 Å². The summed E-state index contributed by atoms with van der Waals surface area (Å²) in [6, 6.07) is 2.63. The zero-order valence-corrected chi connectivity index (χ0v) is 9.04. The van der Waals surface area contributed by atoms with Gasteiger partial charge in [-0.15, -0.1) is 0 Å². The third-order valence-electron chi connectivity index (χ3n) is 2.10. The van der Waals surface area contributed by atoms with Gasteiger partial charge in [0.2, 0.25) is 0 Å². The lowest BCUT2D eigenvalue weighted by Gasteiger charge is -2.14. The van der Waals surface area contributed by atoms with Gasteiger partial charge in [0.1, 0.15) is 17.8 Å². The summed E-state index contributed by atoms with van der Waals surface area (Å²) in [4.78, 5) is 28.0. The van der Waals surface area contributed by atoms with Crippen molar-refractivity contribution in [1.29, 1.82) is 0 Å². The van der Waals surface area contributed by atoms with Gasteiger partial charge in [-0.2, -0.15) is 10.2 Å². The predicted octanol–water partition coefficient (Wildman–Crippen LogP) is -0.840. The molecular weight excluding hydrogens is 224 g/mol. The Balaban J connectivity index is 2.09. The van der Waals surface area contributed by atoms with E-state index in [4.69, 9.17) is 0 Å². The van der Waals surface area contributed by atoms with Crippen molar-refractivity contribution in [3.8, 4) is 0 Å². The fourth-order valence-electron chi connectivity index (χ4n) is 1.26. The molecule has 8 nitrogen and oxygen atoms in total. The number of H-pyrrole nitrogens is 2. The molecule has 8 heteroatoms. The first-order chi connectivity index (χ1) is 8.16. The molecule has 2 rings (SSSR count). The van der Waals surface area contributed by atoms with Crippen molar-refractivity contribution in [3.63, 3.8) is 0 Å². The van der Waals surface area contributed by atoms with Crippen LogP contribution in [0.2, 0.25) is 0 Å². The van der Waals surface area contributed by atoms with Crippen molar-refractivity contribution in [2.45, 2.75) is 6.54 Å². The minimum absolute atomic E-state index is 0.173. The van der Waals surface area contributed by atoms with E-state index in [2.05, 4.69) is 25.4 Å². The van der Waals surface area contributed by atoms with Gasteiger partial charge in [0.05, 0.1) is 6.54 Å². The van der Waals surface area contributed by atoms with Gasteiger partial charge in [-0.05, 0) is 6.07 Å². The third-order valence-corrected chi connectivity index (χ3v) is 2.10. The fourth-order valence-corrected chi connectivity index (χ4v) is 1.26. The van der Waals surface area contributed by atoms with Crippen LogP contribution < -0.4 is 5.56 Å². The van der Waals surface area contributed by atoms with Crippen molar-refractivity contribution >= 4 is 5.91 Å². The highest BCUT2D eigenvalue weighted by molar-refractivity contribution is 5.91. The number of amides is 1. The maximum atomic E-state index is 11.9. The summed E-state index contributed by atoms with van der Waals surface area (Å²) in [5, 5.41) is 12.2. The Kier molecular flexibility index (Phi) is 2.95. The van der Waals surface area contributed by atoms with Crippen LogP contribution in [0, 0.1) is 0 Å². The van der Waals surface area contributed by atoms with Crippen LogP contribution in [0.15, 0.2) is 23.3 Å². The molecule has 0 saturated heterocycles. The molecule has 0 aliphatic heterocycles. The molecule has 0 unspecified atom stereocenters. The van der Waals surface area contributed by atoms with E-state index in [-0.39, 0.29) is 17.2 Å². The van der Waals surface area contributed by atoms with Crippen LogP contribution in [-0.4, -0.2) is 43.2 Å². The smallest absolute Gasteiger partial charge is 0.274 e. The van der Waals surface area contributed by atoms with Crippen LogP contribution in [0.4, 0.5) is 0 Å². The van der Waals surface area contributed by atoms with Crippen molar-refractivity contribution in [2.75, 3.05) is 7.05 Å². The van der Waals surface area contributed by atoms with Crippen molar-refractivity contribution in [2.24, 2.45) is 0 Å². The highest BCUT2D eigenvalue weighted by Crippen LogP contribution is 2.00. The zero-order chi connectivity index (χ0) is 12.3. The van der Waals surface area contributed by atoms with Crippen LogP contribution in [-0.2, 0) is 6.54 Å². The molecule has 1 amide bonds. The van der Waals surface area contributed by atoms with Crippen LogP contribution in [0.25, 0.3) is 0 Å². The van der Waals surface area contributed by atoms with E-state index in [0.29, 0.717) is 12.4 Å². The summed E-state index contributed by atoms with van der Waals surface area (Å²) < 4.78 is 0. The van der Waals surface area contributed by atoms with Crippen molar-refractivity contribution < 1.29 is 4.79 Å². The molecule has 2 N–H and O–H groups in total. The van der Waals surface area contributed by atoms with E-state index < -0.39 is 0 Å². The van der Waals surface area contributed by atoms with Gasteiger partial charge in [-0.1, -0.05) is 0 Å². The van der Waals surface area contributed by atoms with Gasteiger partial charge in [-0.25, -0.2) is 10.1 Å². The zero-order valence-electron chi connectivity index (χ0n) is 9.04. The lowest BCUT2D eigenvalue weighted by atomic mass is 10.3. The Hall–Kier alpha value is -2.51. The first kappa shape index (κ1) is 11.0. The largest absolute Gasteiger partial charge is 0.333 e. The van der Waals surface area contributed by atoms with E-state index in [9.17, 15) is 9.59 Å². The molecule has 88 valence electrons. The minimum Gasteiger partial charge on any atom is -0.333 e. The van der Waals surface area contributed by atoms with Gasteiger partial charge in [0.25, 0.3) is 11.5 Å². The summed E-state index contributed by atoms with van der Waals surface area (Å²) in [6.45, 7) is 0.291. The van der Waals surface area contributed by atoms with E-state index in [1.54, 1.807) is 7.05 Å². The summed E-state index contributed by atoms with van der Waals surface area (Å²) in [5.74, 6) is 0.267. The first-order valence-electron chi connectivity index (χ1n) is 4.82. The fraction of sp³-hybridized carbons (Fsp3) is 0.222. The van der Waals surface area contributed by atoms with E-state index in [1.165, 1.54) is 23.4 Å². The van der Waals surface area contributed by atoms with Crippen LogP contribution in [0.5, 0.6) is 0 Å². The Morgan fingerprint density at radius 3 is 2.82 bits per heavy atom. The summed E-state index contributed by atoms with van der Waals surface area (Å²) in [5.41, 5.74) is -0.175. The molecule has 17 heavy (non-hydrogen) atoms. The molecule has 0 aliphatic carbocycles. The molecule has 0 fully saturated rings. The van der Waals surface area contributed by atoms with Gasteiger partial charge in [0, 0.05) is 13.1 Å². The Morgan fingerprint density at radius 2 is 2.24 bits per heavy atom. The molecule has 0 saturated carbocycles. The first-order valence-corrected chi connectivity index (χ1v) is 4.82. The standard InChI is InChI=1S/C9H10N6O2/c1-15(4-7-10-5-11-13-7)9(17)6-2-3-8(16)14-12-6/h2-3,5H,4H2,1H3,(H,14,16)(H,10,11,13). The molecule has 2 aromatic heterocycles. The number of aromatic nitrogens is 5. The number of carbonyl (C=O) groups is 1. The molecule has 0 atom stereocenters. The topological polar surface area (TPSA) is 108 Å². The summed E-state index contributed by atoms with van der Waals surface area (Å²) >= 11 is 0. The van der Waals surface area contributed by atoms with Crippen LogP contribution in [0.3, 0.4) is 0 Å². The molecule has 0 aliphatic rings. The maximum absolute atomic E-state index is 11.9. The second-order valence-corrected chi connectivity index (χ2v) is 3.40. The molecule has 2 heterocycles. The quantitative estimate of drug-likeness (QED) is 0.720. The number of carbonyl (C=O) groups excluding carboxylic acids is 1. The Labute approximate surface area is 95.7 Å². The van der Waals surface area contributed by atoms with Gasteiger partial charge in [0.15, 0.2) is 0 Å². The number of hydrogen-bond acceptors (Lipinski definition) is 5. The minimum atomic E-state index is -0.348.